The molecule has 0 saturated carbocycles. The van der Waals surface area contributed by atoms with Gasteiger partial charge in [0.05, 0.1) is 18.4 Å². The van der Waals surface area contributed by atoms with E-state index in [4.69, 9.17) is 9.73 Å². The van der Waals surface area contributed by atoms with Gasteiger partial charge in [0, 0.05) is 27.6 Å². The SMILES string of the molecule is COc1ccc2[nH]c(-c3ccccc3)c(C=Nc3sc4c(c3C#N)CC[C@H](C(C)(C)C)C4)c2c1. The van der Waals surface area contributed by atoms with E-state index in [1.807, 2.05) is 42.6 Å². The molecule has 2 aromatic carbocycles. The predicted octanol–water partition coefficient (Wildman–Crippen LogP) is 7.68. The highest BCUT2D eigenvalue weighted by Gasteiger charge is 2.32. The Balaban J connectivity index is 1.60. The standard InChI is InChI=1S/C29H29N3OS/c1-29(2,3)19-10-12-21-23(16-30)28(34-26(21)14-19)31-17-24-22-15-20(33-4)11-13-25(22)32-27(24)18-8-6-5-7-9-18/h5-9,11,13,15,17,19,32H,10,12,14H2,1-4H3/t19-/m0/s1. The molecule has 0 spiro atoms. The minimum Gasteiger partial charge on any atom is -0.497 e. The molecule has 0 radical (unpaired) electrons. The fourth-order valence-corrected chi connectivity index (χ4v) is 6.15. The van der Waals surface area contributed by atoms with E-state index in [-0.39, 0.29) is 5.41 Å². The summed E-state index contributed by atoms with van der Waals surface area (Å²) in [5, 5.41) is 11.8. The first-order valence-corrected chi connectivity index (χ1v) is 12.5. The second kappa shape index (κ2) is 8.77. The van der Waals surface area contributed by atoms with Gasteiger partial charge in [-0.2, -0.15) is 5.26 Å². The number of aromatic nitrogens is 1. The molecular formula is C29H29N3OS. The number of hydrogen-bond donors (Lipinski definition) is 1. The summed E-state index contributed by atoms with van der Waals surface area (Å²) in [6, 6.07) is 18.8. The number of aromatic amines is 1. The van der Waals surface area contributed by atoms with E-state index in [0.29, 0.717) is 5.92 Å². The number of nitrogens with one attached hydrogen (secondary N) is 1. The van der Waals surface area contributed by atoms with E-state index in [9.17, 15) is 5.26 Å². The Kier molecular flexibility index (Phi) is 5.79. The van der Waals surface area contributed by atoms with Gasteiger partial charge in [0.25, 0.3) is 0 Å². The lowest BCUT2D eigenvalue weighted by atomic mass is 9.72. The smallest absolute Gasteiger partial charge is 0.134 e. The molecule has 2 aromatic heterocycles. The largest absolute Gasteiger partial charge is 0.497 e. The van der Waals surface area contributed by atoms with Crippen LogP contribution in [0.3, 0.4) is 0 Å². The molecule has 2 heterocycles. The molecule has 34 heavy (non-hydrogen) atoms. The molecule has 0 saturated heterocycles. The molecule has 1 aliphatic rings. The average molecular weight is 468 g/mol. The molecule has 0 aliphatic heterocycles. The summed E-state index contributed by atoms with van der Waals surface area (Å²) in [4.78, 5) is 9.81. The maximum Gasteiger partial charge on any atom is 0.134 e. The zero-order chi connectivity index (χ0) is 23.9. The first-order valence-electron chi connectivity index (χ1n) is 11.7. The van der Waals surface area contributed by atoms with Gasteiger partial charge in [0.15, 0.2) is 0 Å². The van der Waals surface area contributed by atoms with E-state index in [1.165, 1.54) is 10.4 Å². The van der Waals surface area contributed by atoms with E-state index >= 15 is 0 Å². The van der Waals surface area contributed by atoms with E-state index in [1.54, 1.807) is 18.4 Å². The lowest BCUT2D eigenvalue weighted by Crippen LogP contribution is -2.26. The van der Waals surface area contributed by atoms with Gasteiger partial charge in [0.2, 0.25) is 0 Å². The first kappa shape index (κ1) is 22.4. The predicted molar refractivity (Wildman–Crippen MR) is 142 cm³/mol. The highest BCUT2D eigenvalue weighted by molar-refractivity contribution is 7.16. The second-order valence-corrected chi connectivity index (χ2v) is 11.1. The summed E-state index contributed by atoms with van der Waals surface area (Å²) in [6.07, 6.45) is 5.05. The number of fused-ring (bicyclic) bond motifs is 2. The quantitative estimate of drug-likeness (QED) is 0.313. The van der Waals surface area contributed by atoms with Gasteiger partial charge in [0.1, 0.15) is 16.8 Å². The Bertz CT molecular complexity index is 1410. The van der Waals surface area contributed by atoms with Gasteiger partial charge in [-0.05, 0) is 59.9 Å². The highest BCUT2D eigenvalue weighted by atomic mass is 32.1. The highest BCUT2D eigenvalue weighted by Crippen LogP contribution is 2.45. The van der Waals surface area contributed by atoms with Crippen LogP contribution in [0.15, 0.2) is 53.5 Å². The lowest BCUT2D eigenvalue weighted by molar-refractivity contribution is 0.218. The van der Waals surface area contributed by atoms with Crippen LogP contribution < -0.4 is 4.74 Å². The van der Waals surface area contributed by atoms with Crippen LogP contribution >= 0.6 is 11.3 Å². The van der Waals surface area contributed by atoms with E-state index in [2.05, 4.69) is 44.0 Å². The summed E-state index contributed by atoms with van der Waals surface area (Å²) >= 11 is 1.69. The number of nitrogens with zero attached hydrogens (tertiary/aromatic N) is 2. The number of thiophene rings is 1. The van der Waals surface area contributed by atoms with Crippen LogP contribution in [0.25, 0.3) is 22.2 Å². The van der Waals surface area contributed by atoms with Crippen molar-refractivity contribution in [3.63, 3.8) is 0 Å². The van der Waals surface area contributed by atoms with Gasteiger partial charge in [-0.1, -0.05) is 51.1 Å². The Morgan fingerprint density at radius 2 is 1.97 bits per heavy atom. The number of hydrogen-bond acceptors (Lipinski definition) is 4. The summed E-state index contributed by atoms with van der Waals surface area (Å²) in [5.41, 5.74) is 6.37. The number of aliphatic imine (C=N–C) groups is 1. The van der Waals surface area contributed by atoms with Gasteiger partial charge >= 0.3 is 0 Å². The van der Waals surface area contributed by atoms with Crippen LogP contribution in [0.5, 0.6) is 5.75 Å². The minimum absolute atomic E-state index is 0.269. The third kappa shape index (κ3) is 4.03. The first-order chi connectivity index (χ1) is 16.4. The fraction of sp³-hybridized carbons (Fsp3) is 0.310. The molecule has 4 aromatic rings. The molecule has 5 rings (SSSR count). The van der Waals surface area contributed by atoms with Gasteiger partial charge in [-0.25, -0.2) is 4.99 Å². The monoisotopic (exact) mass is 467 g/mol. The Morgan fingerprint density at radius 1 is 1.18 bits per heavy atom. The van der Waals surface area contributed by atoms with Crippen molar-refractivity contribution in [2.24, 2.45) is 16.3 Å². The number of methoxy groups -OCH3 is 1. The molecule has 0 amide bonds. The van der Waals surface area contributed by atoms with Crippen molar-refractivity contribution in [1.29, 1.82) is 5.26 Å². The molecular weight excluding hydrogens is 438 g/mol. The van der Waals surface area contributed by atoms with Crippen molar-refractivity contribution in [2.45, 2.75) is 40.0 Å². The molecule has 0 unspecified atom stereocenters. The Labute approximate surface area is 204 Å². The Hall–Kier alpha value is -3.36. The minimum atomic E-state index is 0.269. The Morgan fingerprint density at radius 3 is 2.68 bits per heavy atom. The molecule has 0 bridgehead atoms. The average Bonchev–Trinajstić information content (AvgIpc) is 3.39. The van der Waals surface area contributed by atoms with Crippen LogP contribution in [-0.2, 0) is 12.8 Å². The van der Waals surface area contributed by atoms with Gasteiger partial charge in [-0.15, -0.1) is 11.3 Å². The molecule has 1 aliphatic carbocycles. The third-order valence-corrected chi connectivity index (χ3v) is 8.16. The van der Waals surface area contributed by atoms with E-state index in [0.717, 1.165) is 63.3 Å². The number of H-pyrrole nitrogens is 1. The molecule has 172 valence electrons. The summed E-state index contributed by atoms with van der Waals surface area (Å²) < 4.78 is 5.48. The summed E-state index contributed by atoms with van der Waals surface area (Å²) in [7, 11) is 1.68. The van der Waals surface area contributed by atoms with Crippen molar-refractivity contribution in [1.82, 2.24) is 4.98 Å². The number of ether oxygens (including phenoxy) is 1. The number of nitriles is 1. The molecule has 5 heteroatoms. The van der Waals surface area contributed by atoms with Crippen LogP contribution in [0.4, 0.5) is 5.00 Å². The van der Waals surface area contributed by atoms with Crippen molar-refractivity contribution in [3.8, 4) is 23.1 Å². The molecule has 1 atom stereocenters. The number of rotatable bonds is 4. The summed E-state index contributed by atoms with van der Waals surface area (Å²) in [6.45, 7) is 6.95. The maximum absolute atomic E-state index is 9.98. The second-order valence-electron chi connectivity index (χ2n) is 10.1. The number of benzene rings is 2. The fourth-order valence-electron chi connectivity index (χ4n) is 4.93. The maximum atomic E-state index is 9.98. The normalized spacial score (nSPS) is 16.0. The van der Waals surface area contributed by atoms with Crippen molar-refractivity contribution < 1.29 is 4.74 Å². The van der Waals surface area contributed by atoms with Crippen LogP contribution in [0, 0.1) is 22.7 Å². The van der Waals surface area contributed by atoms with Crippen LogP contribution in [-0.4, -0.2) is 18.3 Å². The lowest BCUT2D eigenvalue weighted by Gasteiger charge is -2.33. The van der Waals surface area contributed by atoms with Gasteiger partial charge in [-0.3, -0.25) is 0 Å². The van der Waals surface area contributed by atoms with Crippen molar-refractivity contribution in [2.75, 3.05) is 7.11 Å². The molecule has 4 nitrogen and oxygen atoms in total. The van der Waals surface area contributed by atoms with Crippen molar-refractivity contribution in [3.05, 3.63) is 70.1 Å². The van der Waals surface area contributed by atoms with Crippen molar-refractivity contribution >= 4 is 33.5 Å². The van der Waals surface area contributed by atoms with Crippen LogP contribution in [0.2, 0.25) is 0 Å². The third-order valence-electron chi connectivity index (χ3n) is 7.00. The van der Waals surface area contributed by atoms with Gasteiger partial charge < -0.3 is 9.72 Å². The summed E-state index contributed by atoms with van der Waals surface area (Å²) in [5.74, 6) is 1.44. The van der Waals surface area contributed by atoms with E-state index < -0.39 is 0 Å². The van der Waals surface area contributed by atoms with Crippen LogP contribution in [0.1, 0.15) is 48.8 Å². The molecule has 0 fully saturated rings. The zero-order valence-corrected chi connectivity index (χ0v) is 20.9. The molecule has 1 N–H and O–H groups in total. The topological polar surface area (TPSA) is 61.2 Å². The zero-order valence-electron chi connectivity index (χ0n) is 20.1.